The molecule has 0 N–H and O–H groups in total. The molecule has 2 aromatic carbocycles. The predicted octanol–water partition coefficient (Wildman–Crippen LogP) is 5.41. The summed E-state index contributed by atoms with van der Waals surface area (Å²) in [4.78, 5) is 4.92. The van der Waals surface area contributed by atoms with E-state index in [4.69, 9.17) is 9.72 Å². The Kier molecular flexibility index (Phi) is 6.10. The molecule has 0 aliphatic heterocycles. The van der Waals surface area contributed by atoms with E-state index >= 15 is 0 Å². The number of hydrogen-bond acceptors (Lipinski definition) is 2. The first-order valence-electron chi connectivity index (χ1n) is 9.39. The van der Waals surface area contributed by atoms with Gasteiger partial charge in [0, 0.05) is 19.0 Å². The Morgan fingerprint density at radius 3 is 2.56 bits per heavy atom. The molecule has 0 fully saturated rings. The van der Waals surface area contributed by atoms with Crippen LogP contribution in [0.1, 0.15) is 44.0 Å². The van der Waals surface area contributed by atoms with Crippen LogP contribution < -0.4 is 4.74 Å². The minimum Gasteiger partial charge on any atom is -0.497 e. The number of ether oxygens (including phenoxy) is 1. The van der Waals surface area contributed by atoms with Gasteiger partial charge in [-0.05, 0) is 30.5 Å². The molecule has 3 rings (SSSR count). The molecule has 25 heavy (non-hydrogen) atoms. The van der Waals surface area contributed by atoms with E-state index in [0.717, 1.165) is 30.7 Å². The average Bonchev–Trinajstić information content (AvgIpc) is 3.01. The van der Waals surface area contributed by atoms with Crippen LogP contribution in [0.5, 0.6) is 5.75 Å². The summed E-state index contributed by atoms with van der Waals surface area (Å²) in [5.74, 6) is 2.06. The smallest absolute Gasteiger partial charge is 0.121 e. The Hall–Kier alpha value is -2.29. The molecular formula is C22H28N2O. The predicted molar refractivity (Wildman–Crippen MR) is 104 cm³/mol. The van der Waals surface area contributed by atoms with Crippen LogP contribution in [0.2, 0.25) is 0 Å². The molecule has 0 spiro atoms. The SMILES string of the molecule is CCCCCCn1c(CCc2ccccc2)nc2cc(OC)ccc21. The fourth-order valence-electron chi connectivity index (χ4n) is 3.32. The van der Waals surface area contributed by atoms with Crippen molar-refractivity contribution in [3.63, 3.8) is 0 Å². The summed E-state index contributed by atoms with van der Waals surface area (Å²) in [5, 5.41) is 0. The maximum atomic E-state index is 5.36. The molecular weight excluding hydrogens is 308 g/mol. The van der Waals surface area contributed by atoms with E-state index in [1.165, 1.54) is 42.6 Å². The van der Waals surface area contributed by atoms with Crippen molar-refractivity contribution in [2.24, 2.45) is 0 Å². The van der Waals surface area contributed by atoms with E-state index in [2.05, 4.69) is 47.9 Å². The van der Waals surface area contributed by atoms with E-state index < -0.39 is 0 Å². The minimum absolute atomic E-state index is 0.873. The van der Waals surface area contributed by atoms with Gasteiger partial charge in [-0.3, -0.25) is 0 Å². The zero-order valence-electron chi connectivity index (χ0n) is 15.4. The molecule has 132 valence electrons. The number of imidazole rings is 1. The third-order valence-electron chi connectivity index (χ3n) is 4.75. The largest absolute Gasteiger partial charge is 0.497 e. The summed E-state index contributed by atoms with van der Waals surface area (Å²) in [6.45, 7) is 3.30. The Bertz CT molecular complexity index is 792. The van der Waals surface area contributed by atoms with E-state index in [0.29, 0.717) is 0 Å². The van der Waals surface area contributed by atoms with Gasteiger partial charge >= 0.3 is 0 Å². The second kappa shape index (κ2) is 8.70. The van der Waals surface area contributed by atoms with E-state index in [1.54, 1.807) is 7.11 Å². The van der Waals surface area contributed by atoms with Gasteiger partial charge < -0.3 is 9.30 Å². The van der Waals surface area contributed by atoms with Crippen LogP contribution in [-0.4, -0.2) is 16.7 Å². The van der Waals surface area contributed by atoms with Crippen LogP contribution in [0, 0.1) is 0 Å². The van der Waals surface area contributed by atoms with E-state index in [1.807, 2.05) is 12.1 Å². The Morgan fingerprint density at radius 2 is 1.80 bits per heavy atom. The molecule has 1 heterocycles. The Labute approximate surface area is 150 Å². The van der Waals surface area contributed by atoms with Crippen molar-refractivity contribution in [2.45, 2.75) is 52.0 Å². The lowest BCUT2D eigenvalue weighted by Crippen LogP contribution is -2.05. The molecule has 0 saturated heterocycles. The van der Waals surface area contributed by atoms with Crippen LogP contribution in [0.15, 0.2) is 48.5 Å². The lowest BCUT2D eigenvalue weighted by atomic mass is 10.1. The fourth-order valence-corrected chi connectivity index (χ4v) is 3.32. The van der Waals surface area contributed by atoms with Crippen molar-refractivity contribution in [2.75, 3.05) is 7.11 Å². The van der Waals surface area contributed by atoms with Crippen molar-refractivity contribution < 1.29 is 4.74 Å². The van der Waals surface area contributed by atoms with Gasteiger partial charge in [0.2, 0.25) is 0 Å². The summed E-state index contributed by atoms with van der Waals surface area (Å²) in [6.07, 6.45) is 7.06. The van der Waals surface area contributed by atoms with Gasteiger partial charge in [-0.15, -0.1) is 0 Å². The van der Waals surface area contributed by atoms with Gasteiger partial charge in [0.15, 0.2) is 0 Å². The van der Waals surface area contributed by atoms with Gasteiger partial charge in [-0.25, -0.2) is 4.98 Å². The number of rotatable bonds is 9. The summed E-state index contributed by atoms with van der Waals surface area (Å²) in [7, 11) is 1.71. The number of methoxy groups -OCH3 is 1. The molecule has 0 amide bonds. The summed E-state index contributed by atoms with van der Waals surface area (Å²) in [5.41, 5.74) is 3.63. The standard InChI is InChI=1S/C22H28N2O/c1-3-4-5-9-16-24-21-14-13-19(25-2)17-20(21)23-22(24)15-12-18-10-7-6-8-11-18/h6-8,10-11,13-14,17H,3-5,9,12,15-16H2,1-2H3. The van der Waals surface area contributed by atoms with Crippen molar-refractivity contribution in [1.82, 2.24) is 9.55 Å². The molecule has 3 aromatic rings. The molecule has 0 aliphatic carbocycles. The molecule has 0 saturated carbocycles. The number of unbranched alkanes of at least 4 members (excludes halogenated alkanes) is 3. The average molecular weight is 336 g/mol. The van der Waals surface area contributed by atoms with E-state index in [9.17, 15) is 0 Å². The first-order valence-corrected chi connectivity index (χ1v) is 9.39. The third-order valence-corrected chi connectivity index (χ3v) is 4.75. The summed E-state index contributed by atoms with van der Waals surface area (Å²) in [6, 6.07) is 16.9. The second-order valence-corrected chi connectivity index (χ2v) is 6.58. The zero-order chi connectivity index (χ0) is 17.5. The number of benzene rings is 2. The molecule has 0 radical (unpaired) electrons. The molecule has 1 aromatic heterocycles. The molecule has 3 heteroatoms. The summed E-state index contributed by atoms with van der Waals surface area (Å²) < 4.78 is 7.77. The molecule has 3 nitrogen and oxygen atoms in total. The first-order chi connectivity index (χ1) is 12.3. The monoisotopic (exact) mass is 336 g/mol. The van der Waals surface area contributed by atoms with Crippen molar-refractivity contribution in [3.05, 3.63) is 59.9 Å². The first kappa shape index (κ1) is 17.5. The lowest BCUT2D eigenvalue weighted by Gasteiger charge is -2.09. The lowest BCUT2D eigenvalue weighted by molar-refractivity contribution is 0.415. The van der Waals surface area contributed by atoms with Gasteiger partial charge in [-0.2, -0.15) is 0 Å². The van der Waals surface area contributed by atoms with Crippen LogP contribution in [0.4, 0.5) is 0 Å². The zero-order valence-corrected chi connectivity index (χ0v) is 15.4. The normalized spacial score (nSPS) is 11.1. The fraction of sp³-hybridized carbons (Fsp3) is 0.409. The highest BCUT2D eigenvalue weighted by atomic mass is 16.5. The van der Waals surface area contributed by atoms with Gasteiger partial charge in [0.05, 0.1) is 18.1 Å². The van der Waals surface area contributed by atoms with Crippen LogP contribution in [0.25, 0.3) is 11.0 Å². The Balaban J connectivity index is 1.83. The van der Waals surface area contributed by atoms with E-state index in [-0.39, 0.29) is 0 Å². The molecule has 0 bridgehead atoms. The van der Waals surface area contributed by atoms with Gasteiger partial charge in [-0.1, -0.05) is 56.5 Å². The van der Waals surface area contributed by atoms with Crippen molar-refractivity contribution >= 4 is 11.0 Å². The molecule has 0 atom stereocenters. The van der Waals surface area contributed by atoms with Gasteiger partial charge in [0.25, 0.3) is 0 Å². The number of nitrogens with zero attached hydrogens (tertiary/aromatic N) is 2. The van der Waals surface area contributed by atoms with Crippen LogP contribution in [-0.2, 0) is 19.4 Å². The number of aromatic nitrogens is 2. The Morgan fingerprint density at radius 1 is 0.960 bits per heavy atom. The quantitative estimate of drug-likeness (QED) is 0.488. The second-order valence-electron chi connectivity index (χ2n) is 6.58. The highest BCUT2D eigenvalue weighted by molar-refractivity contribution is 5.77. The molecule has 0 aliphatic rings. The third kappa shape index (κ3) is 4.41. The minimum atomic E-state index is 0.873. The van der Waals surface area contributed by atoms with Gasteiger partial charge in [0.1, 0.15) is 11.6 Å². The van der Waals surface area contributed by atoms with Crippen molar-refractivity contribution in [3.8, 4) is 5.75 Å². The number of aryl methyl sites for hydroxylation is 3. The number of hydrogen-bond donors (Lipinski definition) is 0. The van der Waals surface area contributed by atoms with Crippen LogP contribution in [0.3, 0.4) is 0 Å². The number of fused-ring (bicyclic) bond motifs is 1. The summed E-state index contributed by atoms with van der Waals surface area (Å²) >= 11 is 0. The topological polar surface area (TPSA) is 27.1 Å². The highest BCUT2D eigenvalue weighted by Crippen LogP contribution is 2.23. The maximum absolute atomic E-state index is 5.36. The molecule has 0 unspecified atom stereocenters. The highest BCUT2D eigenvalue weighted by Gasteiger charge is 2.11. The maximum Gasteiger partial charge on any atom is 0.121 e. The van der Waals surface area contributed by atoms with Crippen molar-refractivity contribution in [1.29, 1.82) is 0 Å². The van der Waals surface area contributed by atoms with Crippen LogP contribution >= 0.6 is 0 Å².